The van der Waals surface area contributed by atoms with Crippen LogP contribution in [0.25, 0.3) is 21.8 Å². The Kier molecular flexibility index (Phi) is 10.3. The number of halogens is 2. The number of benzene rings is 2. The fraction of sp³-hybridized carbons (Fsp3) is 0.387. The van der Waals surface area contributed by atoms with Crippen molar-refractivity contribution in [2.45, 2.75) is 79.1 Å². The van der Waals surface area contributed by atoms with Gasteiger partial charge in [-0.15, -0.1) is 0 Å². The SMILES string of the molecule is CC(C)(C)OC(=O)Nc1c[nH]c2ccc(Br)cc12.CC(C)(C)OC(=O)Nc1cn(C(=O)OC(C)(C)C)c2ccc(Br)cc12. The summed E-state index contributed by atoms with van der Waals surface area (Å²) >= 11 is 6.82. The Labute approximate surface area is 268 Å². The van der Waals surface area contributed by atoms with Crippen molar-refractivity contribution in [2.75, 3.05) is 10.6 Å². The molecule has 0 spiro atoms. The summed E-state index contributed by atoms with van der Waals surface area (Å²) in [5, 5.41) is 7.07. The van der Waals surface area contributed by atoms with Crippen LogP contribution in [-0.2, 0) is 14.2 Å². The molecule has 0 atom stereocenters. The predicted molar refractivity (Wildman–Crippen MR) is 177 cm³/mol. The van der Waals surface area contributed by atoms with Gasteiger partial charge in [-0.05, 0) is 98.7 Å². The Morgan fingerprint density at radius 3 is 1.72 bits per heavy atom. The fourth-order valence-corrected chi connectivity index (χ4v) is 4.51. The average Bonchev–Trinajstić information content (AvgIpc) is 3.37. The van der Waals surface area contributed by atoms with Crippen LogP contribution in [0.15, 0.2) is 57.7 Å². The molecule has 0 radical (unpaired) electrons. The number of nitrogens with one attached hydrogen (secondary N) is 3. The van der Waals surface area contributed by atoms with Gasteiger partial charge in [-0.2, -0.15) is 0 Å². The third-order valence-corrected chi connectivity index (χ3v) is 6.26. The molecule has 10 nitrogen and oxygen atoms in total. The molecule has 4 rings (SSSR count). The highest BCUT2D eigenvalue weighted by molar-refractivity contribution is 9.10. The van der Waals surface area contributed by atoms with Gasteiger partial charge in [-0.1, -0.05) is 31.9 Å². The summed E-state index contributed by atoms with van der Waals surface area (Å²) < 4.78 is 19.1. The van der Waals surface area contributed by atoms with Gasteiger partial charge >= 0.3 is 18.3 Å². The van der Waals surface area contributed by atoms with Crippen molar-refractivity contribution in [2.24, 2.45) is 0 Å². The first-order valence-electron chi connectivity index (χ1n) is 13.5. The van der Waals surface area contributed by atoms with Gasteiger partial charge in [0.15, 0.2) is 0 Å². The zero-order valence-corrected chi connectivity index (χ0v) is 28.9. The lowest BCUT2D eigenvalue weighted by atomic mass is 10.2. The van der Waals surface area contributed by atoms with E-state index in [1.807, 2.05) is 51.1 Å². The number of amides is 2. The number of aromatic nitrogens is 2. The molecule has 4 aromatic rings. The Balaban J connectivity index is 0.000000248. The lowest BCUT2D eigenvalue weighted by molar-refractivity contribution is 0.0541. The van der Waals surface area contributed by atoms with Crippen LogP contribution in [0.5, 0.6) is 0 Å². The van der Waals surface area contributed by atoms with Crippen molar-refractivity contribution in [3.63, 3.8) is 0 Å². The molecular weight excluding hydrogens is 684 g/mol. The monoisotopic (exact) mass is 720 g/mol. The predicted octanol–water partition coefficient (Wildman–Crippen LogP) is 9.81. The van der Waals surface area contributed by atoms with Crippen LogP contribution in [0.2, 0.25) is 0 Å². The third kappa shape index (κ3) is 10.3. The highest BCUT2D eigenvalue weighted by Gasteiger charge is 2.23. The minimum Gasteiger partial charge on any atom is -0.444 e. The van der Waals surface area contributed by atoms with E-state index in [4.69, 9.17) is 14.2 Å². The van der Waals surface area contributed by atoms with E-state index in [-0.39, 0.29) is 0 Å². The zero-order valence-electron chi connectivity index (χ0n) is 25.8. The number of carbonyl (C=O) groups excluding carboxylic acids is 3. The van der Waals surface area contributed by atoms with Crippen LogP contribution in [0.1, 0.15) is 62.3 Å². The summed E-state index contributed by atoms with van der Waals surface area (Å²) in [6, 6.07) is 11.3. The summed E-state index contributed by atoms with van der Waals surface area (Å²) in [4.78, 5) is 39.4. The Bertz CT molecular complexity index is 1640. The van der Waals surface area contributed by atoms with E-state index in [2.05, 4.69) is 47.5 Å². The minimum atomic E-state index is -0.623. The molecule has 2 amide bonds. The molecule has 0 aliphatic rings. The first kappa shape index (κ1) is 34.0. The number of hydrogen-bond acceptors (Lipinski definition) is 6. The van der Waals surface area contributed by atoms with E-state index in [0.717, 1.165) is 19.8 Å². The number of hydrogen-bond donors (Lipinski definition) is 3. The molecule has 0 saturated carbocycles. The molecule has 0 fully saturated rings. The van der Waals surface area contributed by atoms with E-state index in [1.54, 1.807) is 53.8 Å². The number of rotatable bonds is 2. The van der Waals surface area contributed by atoms with Gasteiger partial charge in [-0.3, -0.25) is 15.2 Å². The topological polar surface area (TPSA) is 124 Å². The standard InChI is InChI=1S/C18H23BrN2O4.C13H15BrN2O2/c1-17(2,3)24-15(22)20-13-10-21(16(23)25-18(4,5)6)14-8-7-11(19)9-12(13)14;1-13(2,3)18-12(17)16-11-7-15-10-5-4-8(14)6-9(10)11/h7-10H,1-6H3,(H,20,22);4-7,15H,1-3H3,(H,16,17). The maximum atomic E-state index is 12.5. The number of H-pyrrole nitrogens is 1. The van der Waals surface area contributed by atoms with E-state index in [1.165, 1.54) is 10.8 Å². The Morgan fingerprint density at radius 1 is 0.698 bits per heavy atom. The molecular formula is C31H38Br2N4O6. The molecule has 3 N–H and O–H groups in total. The number of fused-ring (bicyclic) bond motifs is 2. The maximum Gasteiger partial charge on any atom is 0.419 e. The smallest absolute Gasteiger partial charge is 0.419 e. The van der Waals surface area contributed by atoms with Crippen LogP contribution in [0.4, 0.5) is 25.8 Å². The minimum absolute atomic E-state index is 0.455. The van der Waals surface area contributed by atoms with Crippen molar-refractivity contribution in [1.29, 1.82) is 0 Å². The van der Waals surface area contributed by atoms with Crippen molar-refractivity contribution in [1.82, 2.24) is 9.55 Å². The largest absolute Gasteiger partial charge is 0.444 e. The molecule has 0 unspecified atom stereocenters. The average molecular weight is 722 g/mol. The third-order valence-electron chi connectivity index (χ3n) is 5.27. The Morgan fingerprint density at radius 2 is 1.19 bits per heavy atom. The summed E-state index contributed by atoms with van der Waals surface area (Å²) in [7, 11) is 0. The van der Waals surface area contributed by atoms with Gasteiger partial charge in [0.05, 0.1) is 16.9 Å². The van der Waals surface area contributed by atoms with Crippen molar-refractivity contribution >= 4 is 83.3 Å². The molecule has 0 aliphatic heterocycles. The number of ether oxygens (including phenoxy) is 3. The maximum absolute atomic E-state index is 12.5. The van der Waals surface area contributed by atoms with Gasteiger partial charge in [0.25, 0.3) is 0 Å². The van der Waals surface area contributed by atoms with Crippen molar-refractivity contribution in [3.05, 3.63) is 57.7 Å². The van der Waals surface area contributed by atoms with Crippen LogP contribution >= 0.6 is 31.9 Å². The van der Waals surface area contributed by atoms with E-state index in [0.29, 0.717) is 22.3 Å². The molecule has 0 aliphatic carbocycles. The second kappa shape index (κ2) is 13.0. The number of carbonyl (C=O) groups is 3. The lowest BCUT2D eigenvalue weighted by Crippen LogP contribution is -2.27. The molecule has 12 heteroatoms. The highest BCUT2D eigenvalue weighted by atomic mass is 79.9. The summed E-state index contributed by atoms with van der Waals surface area (Å²) in [6.07, 6.45) is 1.73. The van der Waals surface area contributed by atoms with Crippen molar-refractivity contribution < 1.29 is 28.6 Å². The second-order valence-corrected chi connectivity index (χ2v) is 14.5. The van der Waals surface area contributed by atoms with Gasteiger partial charge in [0.1, 0.15) is 16.8 Å². The van der Waals surface area contributed by atoms with Crippen LogP contribution in [0, 0.1) is 0 Å². The zero-order chi connectivity index (χ0) is 32.3. The molecule has 2 heterocycles. The molecule has 0 saturated heterocycles. The van der Waals surface area contributed by atoms with Crippen LogP contribution < -0.4 is 10.6 Å². The van der Waals surface area contributed by atoms with Crippen LogP contribution in [0.3, 0.4) is 0 Å². The van der Waals surface area contributed by atoms with E-state index < -0.39 is 35.1 Å². The van der Waals surface area contributed by atoms with Gasteiger partial charge in [0.2, 0.25) is 0 Å². The van der Waals surface area contributed by atoms with Gasteiger partial charge < -0.3 is 19.2 Å². The Hall–Kier alpha value is -3.51. The number of aromatic amines is 1. The first-order chi connectivity index (χ1) is 19.7. The van der Waals surface area contributed by atoms with E-state index in [9.17, 15) is 14.4 Å². The second-order valence-electron chi connectivity index (χ2n) is 12.7. The number of anilines is 2. The fourth-order valence-electron chi connectivity index (χ4n) is 3.79. The normalized spacial score (nSPS) is 11.9. The van der Waals surface area contributed by atoms with Gasteiger partial charge in [-0.25, -0.2) is 14.4 Å². The lowest BCUT2D eigenvalue weighted by Gasteiger charge is -2.20. The molecule has 0 bridgehead atoms. The summed E-state index contributed by atoms with van der Waals surface area (Å²) in [6.45, 7) is 16.2. The van der Waals surface area contributed by atoms with Crippen molar-refractivity contribution in [3.8, 4) is 0 Å². The molecule has 232 valence electrons. The summed E-state index contributed by atoms with van der Waals surface area (Å²) in [5.74, 6) is 0. The number of nitrogens with zero attached hydrogens (tertiary/aromatic N) is 1. The molecule has 2 aromatic heterocycles. The molecule has 2 aromatic carbocycles. The van der Waals surface area contributed by atoms with Crippen LogP contribution in [-0.4, -0.2) is 44.6 Å². The van der Waals surface area contributed by atoms with E-state index >= 15 is 0 Å². The quantitative estimate of drug-likeness (QED) is 0.177. The highest BCUT2D eigenvalue weighted by Crippen LogP contribution is 2.30. The molecule has 43 heavy (non-hydrogen) atoms. The van der Waals surface area contributed by atoms with Gasteiger partial charge in [0, 0.05) is 37.6 Å². The summed E-state index contributed by atoms with van der Waals surface area (Å²) in [5.41, 5.74) is 1.02. The first-order valence-corrected chi connectivity index (χ1v) is 15.1.